The highest BCUT2D eigenvalue weighted by Crippen LogP contribution is 1.98. The summed E-state index contributed by atoms with van der Waals surface area (Å²) in [6, 6.07) is 0. The molecule has 2 N–H and O–H groups in total. The number of hydrogen-bond donors (Lipinski definition) is 2. The maximum atomic E-state index is 3.24. The number of nitrogens with one attached hydrogen (secondary N) is 2. The molecule has 0 aromatic heterocycles. The van der Waals surface area contributed by atoms with Crippen LogP contribution in [0.25, 0.3) is 0 Å². The lowest BCUT2D eigenvalue weighted by molar-refractivity contribution is 0.318. The fourth-order valence-corrected chi connectivity index (χ4v) is 0.852. The van der Waals surface area contributed by atoms with E-state index in [1.807, 2.05) is 0 Å². The van der Waals surface area contributed by atoms with E-state index in [-0.39, 0.29) is 0 Å². The Bertz CT molecular complexity index is 78.4. The van der Waals surface area contributed by atoms with Gasteiger partial charge in [0.2, 0.25) is 0 Å². The van der Waals surface area contributed by atoms with Crippen molar-refractivity contribution in [3.8, 4) is 0 Å². The molecule has 0 aliphatic carbocycles. The maximum Gasteiger partial charge on any atom is 0.173 e. The van der Waals surface area contributed by atoms with Gasteiger partial charge in [0.1, 0.15) is 0 Å². The molecule has 0 saturated carbocycles. The SMILES string of the molecule is CCN(C)[C]1NCCN1. The van der Waals surface area contributed by atoms with Gasteiger partial charge in [0.15, 0.2) is 6.29 Å². The molecule has 1 heterocycles. The molecular formula is C6H14N3. The molecule has 0 aromatic rings. The van der Waals surface area contributed by atoms with Crippen LogP contribution in [0.4, 0.5) is 0 Å². The largest absolute Gasteiger partial charge is 0.282 e. The van der Waals surface area contributed by atoms with Crippen molar-refractivity contribution in [2.75, 3.05) is 26.7 Å². The summed E-state index contributed by atoms with van der Waals surface area (Å²) in [6.45, 7) is 5.30. The van der Waals surface area contributed by atoms with Crippen LogP contribution in [0.15, 0.2) is 0 Å². The van der Waals surface area contributed by atoms with E-state index in [4.69, 9.17) is 0 Å². The molecule has 0 amide bonds. The fourth-order valence-electron chi connectivity index (χ4n) is 0.852. The zero-order valence-corrected chi connectivity index (χ0v) is 6.07. The Kier molecular flexibility index (Phi) is 2.45. The summed E-state index contributed by atoms with van der Waals surface area (Å²) < 4.78 is 0. The first-order chi connectivity index (χ1) is 4.34. The second-order valence-corrected chi connectivity index (χ2v) is 2.22. The quantitative estimate of drug-likeness (QED) is 0.529. The first kappa shape index (κ1) is 6.99. The van der Waals surface area contributed by atoms with Crippen LogP contribution in [-0.4, -0.2) is 31.6 Å². The zero-order valence-electron chi connectivity index (χ0n) is 6.07. The highest BCUT2D eigenvalue weighted by Gasteiger charge is 2.17. The summed E-state index contributed by atoms with van der Waals surface area (Å²) in [7, 11) is 2.07. The van der Waals surface area contributed by atoms with Crippen LogP contribution in [0.2, 0.25) is 0 Å². The molecule has 0 atom stereocenters. The van der Waals surface area contributed by atoms with Crippen molar-refractivity contribution < 1.29 is 0 Å². The smallest absolute Gasteiger partial charge is 0.173 e. The molecule has 1 fully saturated rings. The van der Waals surface area contributed by atoms with Gasteiger partial charge in [0.25, 0.3) is 0 Å². The van der Waals surface area contributed by atoms with Gasteiger partial charge >= 0.3 is 0 Å². The van der Waals surface area contributed by atoms with Crippen LogP contribution in [0.1, 0.15) is 6.92 Å². The second-order valence-electron chi connectivity index (χ2n) is 2.22. The molecular weight excluding hydrogens is 114 g/mol. The summed E-state index contributed by atoms with van der Waals surface area (Å²) in [5.41, 5.74) is 0. The van der Waals surface area contributed by atoms with Crippen molar-refractivity contribution in [1.29, 1.82) is 0 Å². The van der Waals surface area contributed by atoms with Gasteiger partial charge in [-0.05, 0) is 13.6 Å². The Balaban J connectivity index is 2.24. The molecule has 1 saturated heterocycles. The van der Waals surface area contributed by atoms with Crippen LogP contribution in [0.5, 0.6) is 0 Å². The van der Waals surface area contributed by atoms with Crippen LogP contribution < -0.4 is 10.6 Å². The number of hydrogen-bond acceptors (Lipinski definition) is 3. The molecule has 1 radical (unpaired) electrons. The van der Waals surface area contributed by atoms with Crippen molar-refractivity contribution in [2.45, 2.75) is 6.92 Å². The van der Waals surface area contributed by atoms with E-state index >= 15 is 0 Å². The van der Waals surface area contributed by atoms with Crippen LogP contribution in [0, 0.1) is 6.29 Å². The average Bonchev–Trinajstić information content (AvgIpc) is 2.37. The Labute approximate surface area is 56.4 Å². The normalized spacial score (nSPS) is 21.7. The molecule has 1 rings (SSSR count). The van der Waals surface area contributed by atoms with Gasteiger partial charge in [-0.15, -0.1) is 0 Å². The van der Waals surface area contributed by atoms with Crippen molar-refractivity contribution in [2.24, 2.45) is 0 Å². The average molecular weight is 128 g/mol. The fraction of sp³-hybridized carbons (Fsp3) is 0.833. The van der Waals surface area contributed by atoms with Gasteiger partial charge in [-0.3, -0.25) is 15.5 Å². The van der Waals surface area contributed by atoms with E-state index in [2.05, 4.69) is 29.5 Å². The summed E-state index contributed by atoms with van der Waals surface area (Å²) in [6.07, 6.45) is 1.16. The molecule has 3 nitrogen and oxygen atoms in total. The molecule has 0 spiro atoms. The lowest BCUT2D eigenvalue weighted by Crippen LogP contribution is -2.37. The third-order valence-corrected chi connectivity index (χ3v) is 1.57. The zero-order chi connectivity index (χ0) is 6.69. The van der Waals surface area contributed by atoms with E-state index in [0.717, 1.165) is 25.9 Å². The van der Waals surface area contributed by atoms with Crippen molar-refractivity contribution >= 4 is 0 Å². The second kappa shape index (κ2) is 3.15. The molecule has 53 valence electrons. The summed E-state index contributed by atoms with van der Waals surface area (Å²) in [5.74, 6) is 0. The van der Waals surface area contributed by atoms with Crippen molar-refractivity contribution in [1.82, 2.24) is 15.5 Å². The van der Waals surface area contributed by atoms with E-state index in [1.54, 1.807) is 0 Å². The molecule has 1 aliphatic rings. The maximum absolute atomic E-state index is 3.24. The molecule has 9 heavy (non-hydrogen) atoms. The van der Waals surface area contributed by atoms with Crippen molar-refractivity contribution in [3.63, 3.8) is 0 Å². The minimum atomic E-state index is 1.05. The summed E-state index contributed by atoms with van der Waals surface area (Å²) >= 11 is 0. The third kappa shape index (κ3) is 1.64. The van der Waals surface area contributed by atoms with E-state index in [1.165, 1.54) is 0 Å². The molecule has 0 aromatic carbocycles. The topological polar surface area (TPSA) is 27.3 Å². The molecule has 1 aliphatic heterocycles. The van der Waals surface area contributed by atoms with Gasteiger partial charge < -0.3 is 0 Å². The minimum Gasteiger partial charge on any atom is -0.282 e. The molecule has 0 unspecified atom stereocenters. The Hall–Kier alpha value is -0.120. The standard InChI is InChI=1S/C6H14N3/c1-3-9(2)6-7-4-5-8-6/h7-8H,3-5H2,1-2H3. The van der Waals surface area contributed by atoms with Crippen LogP contribution >= 0.6 is 0 Å². The summed E-state index contributed by atoms with van der Waals surface area (Å²) in [4.78, 5) is 2.16. The summed E-state index contributed by atoms with van der Waals surface area (Å²) in [5, 5.41) is 6.48. The first-order valence-electron chi connectivity index (χ1n) is 3.40. The number of rotatable bonds is 2. The highest BCUT2D eigenvalue weighted by molar-refractivity contribution is 4.87. The lowest BCUT2D eigenvalue weighted by Gasteiger charge is -2.20. The minimum absolute atomic E-state index is 1.05. The van der Waals surface area contributed by atoms with E-state index in [0.29, 0.717) is 0 Å². The van der Waals surface area contributed by atoms with Gasteiger partial charge in [0.05, 0.1) is 0 Å². The van der Waals surface area contributed by atoms with Gasteiger partial charge in [0, 0.05) is 13.1 Å². The van der Waals surface area contributed by atoms with Crippen LogP contribution in [0.3, 0.4) is 0 Å². The van der Waals surface area contributed by atoms with Crippen LogP contribution in [-0.2, 0) is 0 Å². The monoisotopic (exact) mass is 128 g/mol. The van der Waals surface area contributed by atoms with Gasteiger partial charge in [-0.25, -0.2) is 0 Å². The van der Waals surface area contributed by atoms with Gasteiger partial charge in [-0.2, -0.15) is 0 Å². The van der Waals surface area contributed by atoms with Crippen molar-refractivity contribution in [3.05, 3.63) is 6.29 Å². The Morgan fingerprint density at radius 2 is 2.00 bits per heavy atom. The Morgan fingerprint density at radius 3 is 2.44 bits per heavy atom. The predicted molar refractivity (Wildman–Crippen MR) is 37.6 cm³/mol. The third-order valence-electron chi connectivity index (χ3n) is 1.57. The molecule has 3 heteroatoms. The Morgan fingerprint density at radius 1 is 1.44 bits per heavy atom. The molecule has 0 bridgehead atoms. The van der Waals surface area contributed by atoms with E-state index in [9.17, 15) is 0 Å². The first-order valence-corrected chi connectivity index (χ1v) is 3.40. The lowest BCUT2D eigenvalue weighted by atomic mass is 10.6. The van der Waals surface area contributed by atoms with Gasteiger partial charge in [-0.1, -0.05) is 6.92 Å². The number of nitrogens with zero attached hydrogens (tertiary/aromatic N) is 1. The highest BCUT2D eigenvalue weighted by atomic mass is 15.4. The van der Waals surface area contributed by atoms with E-state index < -0.39 is 0 Å². The predicted octanol–water partition coefficient (Wildman–Crippen LogP) is -0.422.